The Hall–Kier alpha value is -0.870. The average molecular weight is 311 g/mol. The Labute approximate surface area is 117 Å². The second-order valence-electron chi connectivity index (χ2n) is 4.87. The van der Waals surface area contributed by atoms with Crippen LogP contribution in [0.25, 0.3) is 0 Å². The van der Waals surface area contributed by atoms with Crippen LogP contribution in [0.2, 0.25) is 0 Å². The van der Waals surface area contributed by atoms with Gasteiger partial charge in [0.05, 0.1) is 5.69 Å². The van der Waals surface area contributed by atoms with Gasteiger partial charge in [0.2, 0.25) is 0 Å². The van der Waals surface area contributed by atoms with Gasteiger partial charge < -0.3 is 9.80 Å². The Kier molecular flexibility index (Phi) is 4.40. The van der Waals surface area contributed by atoms with Gasteiger partial charge in [-0.05, 0) is 61.1 Å². The number of carbonyl (C=O) groups is 1. The monoisotopic (exact) mass is 310 g/mol. The smallest absolute Gasteiger partial charge is 0.159 e. The molecule has 1 aliphatic heterocycles. The number of benzene rings is 1. The number of likely N-dealkylation sites (N-methyl/N-ethyl adjacent to an activating group) is 1. The number of Topliss-reactive ketones (excluding diaryl/α,β-unsaturated/α-hetero) is 1. The Morgan fingerprint density at radius 2 is 2.00 bits per heavy atom. The molecule has 0 aromatic heterocycles. The fourth-order valence-corrected chi connectivity index (χ4v) is 2.90. The third kappa shape index (κ3) is 3.12. The maximum absolute atomic E-state index is 11.3. The first kappa shape index (κ1) is 13.6. The highest BCUT2D eigenvalue weighted by Crippen LogP contribution is 2.28. The van der Waals surface area contributed by atoms with Gasteiger partial charge in [0.1, 0.15) is 0 Å². The third-order valence-corrected chi connectivity index (χ3v) is 4.05. The van der Waals surface area contributed by atoms with Crippen LogP contribution in [0.15, 0.2) is 22.7 Å². The van der Waals surface area contributed by atoms with Crippen LogP contribution in [-0.4, -0.2) is 43.9 Å². The van der Waals surface area contributed by atoms with E-state index in [-0.39, 0.29) is 5.78 Å². The number of ketones is 1. The van der Waals surface area contributed by atoms with E-state index in [4.69, 9.17) is 0 Å². The summed E-state index contributed by atoms with van der Waals surface area (Å²) >= 11 is 3.58. The van der Waals surface area contributed by atoms with Crippen LogP contribution in [0.4, 0.5) is 5.69 Å². The highest BCUT2D eigenvalue weighted by atomic mass is 79.9. The third-order valence-electron chi connectivity index (χ3n) is 3.41. The zero-order valence-electron chi connectivity index (χ0n) is 10.9. The molecule has 3 nitrogen and oxygen atoms in total. The minimum atomic E-state index is 0.109. The fourth-order valence-electron chi connectivity index (χ4n) is 2.27. The summed E-state index contributed by atoms with van der Waals surface area (Å²) in [7, 11) is 2.16. The van der Waals surface area contributed by atoms with Crippen LogP contribution < -0.4 is 4.90 Å². The summed E-state index contributed by atoms with van der Waals surface area (Å²) in [6.07, 6.45) is 1.18. The van der Waals surface area contributed by atoms with Gasteiger partial charge in [-0.3, -0.25) is 4.79 Å². The van der Waals surface area contributed by atoms with E-state index in [0.29, 0.717) is 0 Å². The summed E-state index contributed by atoms with van der Waals surface area (Å²) in [5.41, 5.74) is 1.95. The molecule has 18 heavy (non-hydrogen) atoms. The molecule has 2 rings (SSSR count). The summed E-state index contributed by atoms with van der Waals surface area (Å²) in [4.78, 5) is 16.1. The molecular weight excluding hydrogens is 292 g/mol. The van der Waals surface area contributed by atoms with E-state index in [1.54, 1.807) is 6.92 Å². The molecule has 0 amide bonds. The zero-order valence-corrected chi connectivity index (χ0v) is 12.5. The summed E-state index contributed by atoms with van der Waals surface area (Å²) in [5.74, 6) is 0.109. The highest BCUT2D eigenvalue weighted by Gasteiger charge is 2.15. The lowest BCUT2D eigenvalue weighted by molar-refractivity contribution is 0.101. The summed E-state index contributed by atoms with van der Waals surface area (Å²) in [6, 6.07) is 5.88. The molecule has 0 radical (unpaired) electrons. The molecule has 1 saturated heterocycles. The van der Waals surface area contributed by atoms with Crippen LogP contribution in [-0.2, 0) is 0 Å². The second-order valence-corrected chi connectivity index (χ2v) is 5.72. The number of carbonyl (C=O) groups excluding carboxylic acids is 1. The largest absolute Gasteiger partial charge is 0.369 e. The molecule has 1 fully saturated rings. The number of hydrogen-bond donors (Lipinski definition) is 0. The highest BCUT2D eigenvalue weighted by molar-refractivity contribution is 9.10. The molecule has 1 aliphatic rings. The van der Waals surface area contributed by atoms with E-state index in [9.17, 15) is 4.79 Å². The van der Waals surface area contributed by atoms with Crippen molar-refractivity contribution in [3.8, 4) is 0 Å². The first-order valence-corrected chi connectivity index (χ1v) is 7.11. The molecular formula is C14H19BrN2O. The molecule has 4 heteroatoms. The lowest BCUT2D eigenvalue weighted by Crippen LogP contribution is -2.29. The van der Waals surface area contributed by atoms with E-state index in [1.807, 2.05) is 18.2 Å². The van der Waals surface area contributed by atoms with Gasteiger partial charge in [0, 0.05) is 29.7 Å². The van der Waals surface area contributed by atoms with E-state index < -0.39 is 0 Å². The summed E-state index contributed by atoms with van der Waals surface area (Å²) < 4.78 is 1.01. The normalized spacial score (nSPS) is 17.6. The number of anilines is 1. The minimum absolute atomic E-state index is 0.109. The Morgan fingerprint density at radius 3 is 2.67 bits per heavy atom. The Balaban J connectivity index is 2.20. The topological polar surface area (TPSA) is 23.6 Å². The maximum atomic E-state index is 11.3. The first-order chi connectivity index (χ1) is 8.58. The quantitative estimate of drug-likeness (QED) is 0.785. The second kappa shape index (κ2) is 5.85. The predicted octanol–water partition coefficient (Wildman–Crippen LogP) is 2.79. The van der Waals surface area contributed by atoms with Crippen molar-refractivity contribution < 1.29 is 4.79 Å². The van der Waals surface area contributed by atoms with Crippen molar-refractivity contribution in [3.63, 3.8) is 0 Å². The minimum Gasteiger partial charge on any atom is -0.369 e. The molecule has 1 aromatic rings. The predicted molar refractivity (Wildman–Crippen MR) is 78.5 cm³/mol. The first-order valence-electron chi connectivity index (χ1n) is 6.32. The van der Waals surface area contributed by atoms with Crippen molar-refractivity contribution in [1.82, 2.24) is 4.90 Å². The summed E-state index contributed by atoms with van der Waals surface area (Å²) in [5, 5.41) is 0. The van der Waals surface area contributed by atoms with Crippen LogP contribution in [0.3, 0.4) is 0 Å². The zero-order chi connectivity index (χ0) is 13.1. The van der Waals surface area contributed by atoms with Crippen molar-refractivity contribution in [3.05, 3.63) is 28.2 Å². The summed E-state index contributed by atoms with van der Waals surface area (Å²) in [6.45, 7) is 5.94. The van der Waals surface area contributed by atoms with Crippen molar-refractivity contribution >= 4 is 27.4 Å². The lowest BCUT2D eigenvalue weighted by atomic mass is 10.1. The molecule has 0 saturated carbocycles. The number of rotatable bonds is 2. The number of hydrogen-bond acceptors (Lipinski definition) is 3. The van der Waals surface area contributed by atoms with Crippen molar-refractivity contribution in [2.45, 2.75) is 13.3 Å². The van der Waals surface area contributed by atoms with Gasteiger partial charge >= 0.3 is 0 Å². The Morgan fingerprint density at radius 1 is 1.22 bits per heavy atom. The van der Waals surface area contributed by atoms with Gasteiger partial charge in [-0.2, -0.15) is 0 Å². The van der Waals surface area contributed by atoms with Gasteiger partial charge in [0.25, 0.3) is 0 Å². The van der Waals surface area contributed by atoms with Crippen LogP contribution in [0.1, 0.15) is 23.7 Å². The average Bonchev–Trinajstić information content (AvgIpc) is 2.54. The van der Waals surface area contributed by atoms with E-state index >= 15 is 0 Å². The molecule has 0 spiro atoms. The van der Waals surface area contributed by atoms with Crippen LogP contribution in [0.5, 0.6) is 0 Å². The maximum Gasteiger partial charge on any atom is 0.159 e. The van der Waals surface area contributed by atoms with E-state index in [2.05, 4.69) is 32.8 Å². The van der Waals surface area contributed by atoms with Gasteiger partial charge in [-0.25, -0.2) is 0 Å². The van der Waals surface area contributed by atoms with E-state index in [1.165, 1.54) is 12.1 Å². The molecule has 0 bridgehead atoms. The van der Waals surface area contributed by atoms with E-state index in [0.717, 1.165) is 36.2 Å². The van der Waals surface area contributed by atoms with Gasteiger partial charge in [-0.1, -0.05) is 0 Å². The van der Waals surface area contributed by atoms with Crippen LogP contribution >= 0.6 is 15.9 Å². The van der Waals surface area contributed by atoms with Crippen LogP contribution in [0, 0.1) is 0 Å². The molecule has 1 aromatic carbocycles. The molecule has 0 atom stereocenters. The molecule has 1 heterocycles. The SMILES string of the molecule is CC(=O)c1ccc(N2CCCN(C)CC2)c(Br)c1. The molecule has 0 N–H and O–H groups in total. The number of nitrogens with zero attached hydrogens (tertiary/aromatic N) is 2. The lowest BCUT2D eigenvalue weighted by Gasteiger charge is -2.24. The molecule has 0 unspecified atom stereocenters. The van der Waals surface area contributed by atoms with Crippen molar-refractivity contribution in [2.75, 3.05) is 38.1 Å². The van der Waals surface area contributed by atoms with Crippen molar-refractivity contribution in [2.24, 2.45) is 0 Å². The van der Waals surface area contributed by atoms with Gasteiger partial charge in [-0.15, -0.1) is 0 Å². The fraction of sp³-hybridized carbons (Fsp3) is 0.500. The molecule has 0 aliphatic carbocycles. The number of halogens is 1. The molecule has 98 valence electrons. The Bertz CT molecular complexity index is 447. The van der Waals surface area contributed by atoms with Gasteiger partial charge in [0.15, 0.2) is 5.78 Å². The van der Waals surface area contributed by atoms with Crippen molar-refractivity contribution in [1.29, 1.82) is 0 Å². The standard InChI is InChI=1S/C14H19BrN2O/c1-11(18)12-4-5-14(13(15)10-12)17-7-3-6-16(2)8-9-17/h4-5,10H,3,6-9H2,1-2H3.